The second kappa shape index (κ2) is 4.56. The second-order valence-corrected chi connectivity index (χ2v) is 4.24. The van der Waals surface area contributed by atoms with Crippen molar-refractivity contribution in [3.05, 3.63) is 29.3 Å². The molecular formula is C13H16O3. The summed E-state index contributed by atoms with van der Waals surface area (Å²) in [5, 5.41) is 8.76. The lowest BCUT2D eigenvalue weighted by Crippen LogP contribution is -2.23. The van der Waals surface area contributed by atoms with Gasteiger partial charge in [0.05, 0.1) is 0 Å². The molecule has 0 radical (unpaired) electrons. The van der Waals surface area contributed by atoms with Crippen molar-refractivity contribution >= 4 is 5.97 Å². The van der Waals surface area contributed by atoms with Gasteiger partial charge in [-0.2, -0.15) is 0 Å². The second-order valence-electron chi connectivity index (χ2n) is 4.24. The van der Waals surface area contributed by atoms with Gasteiger partial charge in [0.1, 0.15) is 5.75 Å². The number of fused-ring (bicyclic) bond motifs is 1. The molecule has 1 aliphatic rings. The van der Waals surface area contributed by atoms with Crippen LogP contribution in [0.5, 0.6) is 5.75 Å². The average Bonchev–Trinajstić information content (AvgIpc) is 2.28. The number of hydrogen-bond acceptors (Lipinski definition) is 2. The molecule has 1 unspecified atom stereocenters. The van der Waals surface area contributed by atoms with Gasteiger partial charge in [-0.25, -0.2) is 4.79 Å². The molecule has 16 heavy (non-hydrogen) atoms. The zero-order valence-corrected chi connectivity index (χ0v) is 9.40. The minimum Gasteiger partial charge on any atom is -0.479 e. The standard InChI is InChI=1S/C13H16O3/c1-9(13(14)15)16-12-7-6-10-4-2-3-5-11(10)8-12/h6-9H,2-5H2,1H3,(H,14,15). The minimum atomic E-state index is -0.933. The maximum absolute atomic E-state index is 10.7. The van der Waals surface area contributed by atoms with Gasteiger partial charge in [0.2, 0.25) is 0 Å². The fraction of sp³-hybridized carbons (Fsp3) is 0.462. The lowest BCUT2D eigenvalue weighted by molar-refractivity contribution is -0.144. The molecule has 1 aliphatic carbocycles. The monoisotopic (exact) mass is 220 g/mol. The molecule has 1 aromatic rings. The van der Waals surface area contributed by atoms with E-state index in [-0.39, 0.29) is 0 Å². The molecule has 0 bridgehead atoms. The Bertz CT molecular complexity index is 398. The van der Waals surface area contributed by atoms with E-state index >= 15 is 0 Å². The van der Waals surface area contributed by atoms with Crippen LogP contribution in [-0.4, -0.2) is 17.2 Å². The number of carboxylic acid groups (broad SMARTS) is 1. The Morgan fingerprint density at radius 3 is 2.69 bits per heavy atom. The average molecular weight is 220 g/mol. The molecule has 3 heteroatoms. The number of carbonyl (C=O) groups is 1. The molecule has 86 valence electrons. The van der Waals surface area contributed by atoms with Crippen LogP contribution in [0.1, 0.15) is 30.9 Å². The van der Waals surface area contributed by atoms with E-state index in [1.807, 2.05) is 12.1 Å². The summed E-state index contributed by atoms with van der Waals surface area (Å²) in [6.07, 6.45) is 3.88. The number of aliphatic carboxylic acids is 1. The Hall–Kier alpha value is -1.51. The third kappa shape index (κ3) is 2.35. The summed E-state index contributed by atoms with van der Waals surface area (Å²) >= 11 is 0. The van der Waals surface area contributed by atoms with Crippen LogP contribution in [-0.2, 0) is 17.6 Å². The maximum atomic E-state index is 10.7. The highest BCUT2D eigenvalue weighted by Crippen LogP contribution is 2.25. The molecule has 0 amide bonds. The van der Waals surface area contributed by atoms with Crippen molar-refractivity contribution in [3.8, 4) is 5.75 Å². The van der Waals surface area contributed by atoms with E-state index in [1.54, 1.807) is 6.92 Å². The smallest absolute Gasteiger partial charge is 0.344 e. The molecule has 2 rings (SSSR count). The Balaban J connectivity index is 2.14. The summed E-state index contributed by atoms with van der Waals surface area (Å²) in [4.78, 5) is 10.7. The van der Waals surface area contributed by atoms with Crippen LogP contribution in [0.2, 0.25) is 0 Å². The first-order valence-corrected chi connectivity index (χ1v) is 5.68. The van der Waals surface area contributed by atoms with Crippen molar-refractivity contribution in [1.29, 1.82) is 0 Å². The molecule has 0 fully saturated rings. The molecule has 3 nitrogen and oxygen atoms in total. The van der Waals surface area contributed by atoms with Crippen LogP contribution in [0.25, 0.3) is 0 Å². The predicted octanol–water partition coefficient (Wildman–Crippen LogP) is 2.42. The topological polar surface area (TPSA) is 46.5 Å². The van der Waals surface area contributed by atoms with Gasteiger partial charge in [-0.05, 0) is 55.9 Å². The van der Waals surface area contributed by atoms with Crippen molar-refractivity contribution in [2.45, 2.75) is 38.7 Å². The molecule has 0 spiro atoms. The summed E-state index contributed by atoms with van der Waals surface area (Å²) in [5.41, 5.74) is 2.68. The van der Waals surface area contributed by atoms with Crippen LogP contribution < -0.4 is 4.74 Å². The molecule has 0 saturated heterocycles. The van der Waals surface area contributed by atoms with Gasteiger partial charge in [0.25, 0.3) is 0 Å². The summed E-state index contributed by atoms with van der Waals surface area (Å²) < 4.78 is 5.34. The Morgan fingerprint density at radius 1 is 1.31 bits per heavy atom. The molecule has 1 atom stereocenters. The van der Waals surface area contributed by atoms with E-state index in [4.69, 9.17) is 9.84 Å². The molecule has 0 aliphatic heterocycles. The van der Waals surface area contributed by atoms with Gasteiger partial charge in [-0.1, -0.05) is 6.07 Å². The Morgan fingerprint density at radius 2 is 2.00 bits per heavy atom. The van der Waals surface area contributed by atoms with E-state index in [0.29, 0.717) is 5.75 Å². The summed E-state index contributed by atoms with van der Waals surface area (Å²) in [6, 6.07) is 5.90. The van der Waals surface area contributed by atoms with E-state index < -0.39 is 12.1 Å². The predicted molar refractivity (Wildman–Crippen MR) is 60.8 cm³/mol. The van der Waals surface area contributed by atoms with Gasteiger partial charge in [0, 0.05) is 0 Å². The first-order valence-electron chi connectivity index (χ1n) is 5.68. The molecular weight excluding hydrogens is 204 g/mol. The number of hydrogen-bond donors (Lipinski definition) is 1. The lowest BCUT2D eigenvalue weighted by atomic mass is 9.92. The van der Waals surface area contributed by atoms with E-state index in [2.05, 4.69) is 6.07 Å². The number of carboxylic acids is 1. The van der Waals surface area contributed by atoms with Crippen molar-refractivity contribution in [1.82, 2.24) is 0 Å². The summed E-state index contributed by atoms with van der Waals surface area (Å²) in [7, 11) is 0. The van der Waals surface area contributed by atoms with Gasteiger partial charge in [0.15, 0.2) is 6.10 Å². The molecule has 0 saturated carbocycles. The van der Waals surface area contributed by atoms with Crippen molar-refractivity contribution < 1.29 is 14.6 Å². The minimum absolute atomic E-state index is 0.663. The number of aryl methyl sites for hydroxylation is 2. The highest BCUT2D eigenvalue weighted by Gasteiger charge is 2.14. The highest BCUT2D eigenvalue weighted by molar-refractivity contribution is 5.72. The van der Waals surface area contributed by atoms with Gasteiger partial charge in [-0.3, -0.25) is 0 Å². The summed E-state index contributed by atoms with van der Waals surface area (Å²) in [5.74, 6) is -0.270. The Kier molecular flexibility index (Phi) is 3.13. The van der Waals surface area contributed by atoms with Crippen molar-refractivity contribution in [3.63, 3.8) is 0 Å². The largest absolute Gasteiger partial charge is 0.479 e. The normalized spacial score (nSPS) is 16.3. The molecule has 0 aromatic heterocycles. The third-order valence-electron chi connectivity index (χ3n) is 2.98. The number of benzene rings is 1. The van der Waals surface area contributed by atoms with Crippen LogP contribution in [0, 0.1) is 0 Å². The van der Waals surface area contributed by atoms with Crippen molar-refractivity contribution in [2.75, 3.05) is 0 Å². The lowest BCUT2D eigenvalue weighted by Gasteiger charge is -2.17. The van der Waals surface area contributed by atoms with E-state index in [0.717, 1.165) is 12.8 Å². The summed E-state index contributed by atoms with van der Waals surface area (Å²) in [6.45, 7) is 1.54. The fourth-order valence-electron chi connectivity index (χ4n) is 2.04. The van der Waals surface area contributed by atoms with Crippen LogP contribution >= 0.6 is 0 Å². The molecule has 1 N–H and O–H groups in total. The van der Waals surface area contributed by atoms with Gasteiger partial charge < -0.3 is 9.84 Å². The first-order chi connectivity index (χ1) is 7.66. The van der Waals surface area contributed by atoms with Gasteiger partial charge in [-0.15, -0.1) is 0 Å². The zero-order chi connectivity index (χ0) is 11.5. The molecule has 0 heterocycles. The quantitative estimate of drug-likeness (QED) is 0.850. The number of rotatable bonds is 3. The maximum Gasteiger partial charge on any atom is 0.344 e. The van der Waals surface area contributed by atoms with Crippen LogP contribution in [0.3, 0.4) is 0 Å². The van der Waals surface area contributed by atoms with E-state index in [1.165, 1.54) is 24.0 Å². The first kappa shape index (κ1) is 11.0. The van der Waals surface area contributed by atoms with E-state index in [9.17, 15) is 4.79 Å². The van der Waals surface area contributed by atoms with Crippen molar-refractivity contribution in [2.24, 2.45) is 0 Å². The Labute approximate surface area is 95.0 Å². The highest BCUT2D eigenvalue weighted by atomic mass is 16.5. The zero-order valence-electron chi connectivity index (χ0n) is 9.40. The molecule has 1 aromatic carbocycles. The van der Waals surface area contributed by atoms with Crippen LogP contribution in [0.4, 0.5) is 0 Å². The fourth-order valence-corrected chi connectivity index (χ4v) is 2.04. The SMILES string of the molecule is CC(Oc1ccc2c(c1)CCCC2)C(=O)O. The van der Waals surface area contributed by atoms with Gasteiger partial charge >= 0.3 is 5.97 Å². The van der Waals surface area contributed by atoms with Crippen LogP contribution in [0.15, 0.2) is 18.2 Å². The third-order valence-corrected chi connectivity index (χ3v) is 2.98. The number of ether oxygens (including phenoxy) is 1.